The number of aromatic nitrogens is 1. The summed E-state index contributed by atoms with van der Waals surface area (Å²) in [4.78, 5) is 44.7. The number of amides is 3. The van der Waals surface area contributed by atoms with Crippen molar-refractivity contribution in [3.63, 3.8) is 0 Å². The number of fused-ring (bicyclic) bond motifs is 2. The highest BCUT2D eigenvalue weighted by atomic mass is 19.1. The van der Waals surface area contributed by atoms with Gasteiger partial charge in [-0.15, -0.1) is 0 Å². The Morgan fingerprint density at radius 1 is 1.12 bits per heavy atom. The second-order valence-corrected chi connectivity index (χ2v) is 9.66. The SMILES string of the molecule is O=C1CCC(N2Cc3cc(-c4nccc(CN5C[C@H]6COC[C@H]6C5)c4F)ccc3C2=O)C(=O)N1. The minimum absolute atomic E-state index is 0.204. The Kier molecular flexibility index (Phi) is 5.18. The Labute approximate surface area is 196 Å². The van der Waals surface area contributed by atoms with E-state index >= 15 is 4.39 Å². The zero-order valence-electron chi connectivity index (χ0n) is 18.6. The van der Waals surface area contributed by atoms with Crippen LogP contribution in [0.4, 0.5) is 4.39 Å². The number of likely N-dealkylation sites (tertiary alicyclic amines) is 1. The van der Waals surface area contributed by atoms with Crippen LogP contribution in [0.15, 0.2) is 30.5 Å². The summed E-state index contributed by atoms with van der Waals surface area (Å²) < 4.78 is 21.0. The van der Waals surface area contributed by atoms with E-state index in [1.807, 2.05) is 0 Å². The molecule has 0 radical (unpaired) electrons. The van der Waals surface area contributed by atoms with Gasteiger partial charge in [-0.05, 0) is 30.2 Å². The maximum absolute atomic E-state index is 15.5. The Morgan fingerprint density at radius 3 is 2.68 bits per heavy atom. The molecule has 3 amide bonds. The number of imide groups is 1. The number of rotatable bonds is 4. The summed E-state index contributed by atoms with van der Waals surface area (Å²) in [6.07, 6.45) is 2.14. The van der Waals surface area contributed by atoms with Gasteiger partial charge in [-0.2, -0.15) is 0 Å². The molecule has 6 rings (SSSR count). The molecule has 1 N–H and O–H groups in total. The predicted octanol–water partition coefficient (Wildman–Crippen LogP) is 1.73. The molecule has 4 aliphatic heterocycles. The highest BCUT2D eigenvalue weighted by molar-refractivity contribution is 6.05. The van der Waals surface area contributed by atoms with Crippen molar-refractivity contribution in [2.75, 3.05) is 26.3 Å². The second-order valence-electron chi connectivity index (χ2n) is 9.66. The average Bonchev–Trinajstić information content (AvgIpc) is 3.49. The van der Waals surface area contributed by atoms with Gasteiger partial charge >= 0.3 is 0 Å². The molecule has 34 heavy (non-hydrogen) atoms. The molecule has 3 saturated heterocycles. The first kappa shape index (κ1) is 21.4. The molecule has 1 unspecified atom stereocenters. The van der Waals surface area contributed by atoms with Crippen molar-refractivity contribution in [3.8, 4) is 11.3 Å². The fourth-order valence-electron chi connectivity index (χ4n) is 5.68. The fraction of sp³-hybridized carbons (Fsp3) is 0.440. The minimum Gasteiger partial charge on any atom is -0.381 e. The topological polar surface area (TPSA) is 91.8 Å². The first-order valence-corrected chi connectivity index (χ1v) is 11.7. The summed E-state index contributed by atoms with van der Waals surface area (Å²) in [6, 6.07) is 6.22. The van der Waals surface area contributed by atoms with E-state index in [9.17, 15) is 14.4 Å². The van der Waals surface area contributed by atoms with Crippen molar-refractivity contribution in [2.24, 2.45) is 11.8 Å². The van der Waals surface area contributed by atoms with E-state index in [-0.39, 0.29) is 36.3 Å². The zero-order chi connectivity index (χ0) is 23.4. The zero-order valence-corrected chi connectivity index (χ0v) is 18.6. The third-order valence-electron chi connectivity index (χ3n) is 7.48. The van der Waals surface area contributed by atoms with E-state index in [1.54, 1.807) is 30.5 Å². The molecule has 0 saturated carbocycles. The quantitative estimate of drug-likeness (QED) is 0.693. The second kappa shape index (κ2) is 8.25. The summed E-state index contributed by atoms with van der Waals surface area (Å²) in [7, 11) is 0. The van der Waals surface area contributed by atoms with Crippen LogP contribution in [-0.4, -0.2) is 64.9 Å². The number of hydrogen-bond donors (Lipinski definition) is 1. The summed E-state index contributed by atoms with van der Waals surface area (Å²) in [5.41, 5.74) is 2.69. The molecule has 0 spiro atoms. The standard InChI is InChI=1S/C25H25FN4O4/c26-22-15(8-29-9-17-12-34-13-18(17)10-29)5-6-27-23(22)14-1-2-19-16(7-14)11-30(25(19)33)20-3-4-21(31)28-24(20)32/h1-2,5-7,17-18,20H,3-4,8-13H2,(H,28,31,32)/t17-,18+,20?. The number of carbonyl (C=O) groups is 3. The molecule has 2 aromatic rings. The Hall–Kier alpha value is -3.17. The molecule has 4 aliphatic rings. The summed E-state index contributed by atoms with van der Waals surface area (Å²) in [5.74, 6) is -0.295. The van der Waals surface area contributed by atoms with E-state index in [2.05, 4.69) is 15.2 Å². The molecule has 9 heteroatoms. The van der Waals surface area contributed by atoms with Crippen LogP contribution in [0.1, 0.15) is 34.3 Å². The van der Waals surface area contributed by atoms with E-state index in [4.69, 9.17) is 4.74 Å². The van der Waals surface area contributed by atoms with Crippen molar-refractivity contribution >= 4 is 17.7 Å². The van der Waals surface area contributed by atoms with E-state index in [0.717, 1.165) is 31.9 Å². The van der Waals surface area contributed by atoms with Crippen molar-refractivity contribution < 1.29 is 23.5 Å². The largest absolute Gasteiger partial charge is 0.381 e. The number of halogens is 1. The lowest BCUT2D eigenvalue weighted by molar-refractivity contribution is -0.136. The van der Waals surface area contributed by atoms with Crippen LogP contribution < -0.4 is 5.32 Å². The number of benzene rings is 1. The van der Waals surface area contributed by atoms with Gasteiger partial charge in [0.25, 0.3) is 5.91 Å². The first-order valence-electron chi connectivity index (χ1n) is 11.7. The maximum Gasteiger partial charge on any atom is 0.255 e. The lowest BCUT2D eigenvalue weighted by Crippen LogP contribution is -2.52. The number of ether oxygens (including phenoxy) is 1. The van der Waals surface area contributed by atoms with Gasteiger partial charge < -0.3 is 9.64 Å². The molecule has 0 bridgehead atoms. The number of pyridine rings is 1. The number of piperidine rings is 1. The first-order chi connectivity index (χ1) is 16.5. The van der Waals surface area contributed by atoms with Crippen molar-refractivity contribution in [1.82, 2.24) is 20.1 Å². The van der Waals surface area contributed by atoms with Crippen molar-refractivity contribution in [2.45, 2.75) is 32.0 Å². The summed E-state index contributed by atoms with van der Waals surface area (Å²) in [6.45, 7) is 4.18. The third-order valence-corrected chi connectivity index (χ3v) is 7.48. The minimum atomic E-state index is -0.676. The van der Waals surface area contributed by atoms with Crippen LogP contribution in [0.25, 0.3) is 11.3 Å². The van der Waals surface area contributed by atoms with E-state index in [0.29, 0.717) is 41.5 Å². The van der Waals surface area contributed by atoms with Crippen molar-refractivity contribution in [1.29, 1.82) is 0 Å². The van der Waals surface area contributed by atoms with Gasteiger partial charge in [-0.3, -0.25) is 29.6 Å². The fourth-order valence-corrected chi connectivity index (χ4v) is 5.68. The molecular formula is C25H25FN4O4. The number of nitrogens with zero attached hydrogens (tertiary/aromatic N) is 3. The molecule has 3 fully saturated rings. The molecule has 8 nitrogen and oxygen atoms in total. The van der Waals surface area contributed by atoms with Gasteiger partial charge in [-0.25, -0.2) is 4.39 Å². The highest BCUT2D eigenvalue weighted by Crippen LogP contribution is 2.33. The Bertz CT molecular complexity index is 1190. The summed E-state index contributed by atoms with van der Waals surface area (Å²) in [5, 5.41) is 2.30. The lowest BCUT2D eigenvalue weighted by Gasteiger charge is -2.29. The van der Waals surface area contributed by atoms with Gasteiger partial charge in [-0.1, -0.05) is 6.07 Å². The van der Waals surface area contributed by atoms with Crippen LogP contribution in [0, 0.1) is 17.7 Å². The van der Waals surface area contributed by atoms with Crippen LogP contribution in [0.3, 0.4) is 0 Å². The molecule has 176 valence electrons. The van der Waals surface area contributed by atoms with Gasteiger partial charge in [0.2, 0.25) is 11.8 Å². The number of hydrogen-bond acceptors (Lipinski definition) is 6. The Balaban J connectivity index is 1.22. The smallest absolute Gasteiger partial charge is 0.255 e. The van der Waals surface area contributed by atoms with Crippen LogP contribution in [-0.2, 0) is 27.4 Å². The maximum atomic E-state index is 15.5. The Morgan fingerprint density at radius 2 is 1.91 bits per heavy atom. The van der Waals surface area contributed by atoms with Gasteiger partial charge in [0.1, 0.15) is 11.7 Å². The van der Waals surface area contributed by atoms with Crippen LogP contribution in [0.5, 0.6) is 0 Å². The third kappa shape index (κ3) is 3.59. The monoisotopic (exact) mass is 464 g/mol. The van der Waals surface area contributed by atoms with Crippen LogP contribution >= 0.6 is 0 Å². The molecule has 3 atom stereocenters. The van der Waals surface area contributed by atoms with Crippen molar-refractivity contribution in [3.05, 3.63) is 53.0 Å². The lowest BCUT2D eigenvalue weighted by atomic mass is 10.0. The van der Waals surface area contributed by atoms with E-state index in [1.165, 1.54) is 4.90 Å². The molecule has 1 aromatic carbocycles. The van der Waals surface area contributed by atoms with Gasteiger partial charge in [0.05, 0.1) is 13.2 Å². The number of carbonyl (C=O) groups excluding carboxylic acids is 3. The predicted molar refractivity (Wildman–Crippen MR) is 119 cm³/mol. The average molecular weight is 464 g/mol. The van der Waals surface area contributed by atoms with Gasteiger partial charge in [0.15, 0.2) is 5.82 Å². The van der Waals surface area contributed by atoms with Crippen LogP contribution in [0.2, 0.25) is 0 Å². The number of nitrogens with one attached hydrogen (secondary N) is 1. The molecule has 5 heterocycles. The highest BCUT2D eigenvalue weighted by Gasteiger charge is 2.39. The molecule has 1 aromatic heterocycles. The summed E-state index contributed by atoms with van der Waals surface area (Å²) >= 11 is 0. The molecule has 0 aliphatic carbocycles. The molecular weight excluding hydrogens is 439 g/mol. The normalized spacial score (nSPS) is 26.7. The van der Waals surface area contributed by atoms with E-state index < -0.39 is 11.9 Å². The van der Waals surface area contributed by atoms with Gasteiger partial charge in [0, 0.05) is 67.3 Å².